The molecule has 2 heterocycles. The van der Waals surface area contributed by atoms with Crippen LogP contribution in [0.4, 0.5) is 0 Å². The molecule has 0 bridgehead atoms. The van der Waals surface area contributed by atoms with E-state index < -0.39 is 10.2 Å². The quantitative estimate of drug-likeness (QED) is 0.838. The molecule has 0 aromatic carbocycles. The molecule has 0 aromatic heterocycles. The lowest BCUT2D eigenvalue weighted by Crippen LogP contribution is -2.52. The van der Waals surface area contributed by atoms with E-state index in [9.17, 15) is 8.42 Å². The van der Waals surface area contributed by atoms with Gasteiger partial charge in [0.05, 0.1) is 0 Å². The molecule has 1 N–H and O–H groups in total. The normalized spacial score (nSPS) is 32.5. The molecule has 5 nitrogen and oxygen atoms in total. The van der Waals surface area contributed by atoms with E-state index >= 15 is 0 Å². The standard InChI is InChI=1S/C15H29N3O2S/c1-13-5-2-3-10-17(13)21(19,20)18(15-7-8-15)12-14-6-4-9-16-11-14/h13-16H,2-12H2,1H3. The topological polar surface area (TPSA) is 52.7 Å². The van der Waals surface area contributed by atoms with Crippen molar-refractivity contribution in [2.45, 2.75) is 64.0 Å². The van der Waals surface area contributed by atoms with Gasteiger partial charge in [-0.1, -0.05) is 6.42 Å². The van der Waals surface area contributed by atoms with Gasteiger partial charge in [0, 0.05) is 25.2 Å². The van der Waals surface area contributed by atoms with Crippen molar-refractivity contribution in [1.82, 2.24) is 13.9 Å². The highest BCUT2D eigenvalue weighted by atomic mass is 32.2. The van der Waals surface area contributed by atoms with E-state index in [1.807, 2.05) is 4.31 Å². The Balaban J connectivity index is 1.72. The third-order valence-electron chi connectivity index (χ3n) is 5.13. The number of nitrogens with zero attached hydrogens (tertiary/aromatic N) is 2. The van der Waals surface area contributed by atoms with E-state index in [-0.39, 0.29) is 12.1 Å². The average molecular weight is 315 g/mol. The summed E-state index contributed by atoms with van der Waals surface area (Å²) < 4.78 is 29.8. The minimum atomic E-state index is -3.27. The van der Waals surface area contributed by atoms with Crippen molar-refractivity contribution in [3.63, 3.8) is 0 Å². The number of hydrogen-bond donors (Lipinski definition) is 1. The highest BCUT2D eigenvalue weighted by Crippen LogP contribution is 2.34. The van der Waals surface area contributed by atoms with Crippen molar-refractivity contribution in [2.75, 3.05) is 26.2 Å². The molecule has 0 radical (unpaired) electrons. The molecule has 1 aliphatic carbocycles. The molecule has 1 saturated carbocycles. The summed E-state index contributed by atoms with van der Waals surface area (Å²) in [6.45, 7) is 5.52. The molecule has 3 aliphatic rings. The summed E-state index contributed by atoms with van der Waals surface area (Å²) >= 11 is 0. The third kappa shape index (κ3) is 3.60. The van der Waals surface area contributed by atoms with E-state index in [0.717, 1.165) is 51.6 Å². The summed E-state index contributed by atoms with van der Waals surface area (Å²) in [7, 11) is -3.27. The molecule has 3 rings (SSSR count). The van der Waals surface area contributed by atoms with E-state index in [4.69, 9.17) is 0 Å². The second-order valence-electron chi connectivity index (χ2n) is 6.98. The van der Waals surface area contributed by atoms with E-state index in [2.05, 4.69) is 12.2 Å². The fraction of sp³-hybridized carbons (Fsp3) is 1.00. The number of piperidine rings is 2. The first-order valence-electron chi connectivity index (χ1n) is 8.58. The Labute approximate surface area is 129 Å². The molecule has 0 spiro atoms. The lowest BCUT2D eigenvalue weighted by atomic mass is 10.00. The van der Waals surface area contributed by atoms with E-state index in [1.54, 1.807) is 4.31 Å². The Morgan fingerprint density at radius 2 is 1.95 bits per heavy atom. The average Bonchev–Trinajstić information content (AvgIpc) is 3.30. The van der Waals surface area contributed by atoms with Gasteiger partial charge in [-0.3, -0.25) is 0 Å². The van der Waals surface area contributed by atoms with Crippen LogP contribution in [0, 0.1) is 5.92 Å². The van der Waals surface area contributed by atoms with Crippen molar-refractivity contribution in [1.29, 1.82) is 0 Å². The van der Waals surface area contributed by atoms with Gasteiger partial charge in [0.25, 0.3) is 10.2 Å². The summed E-state index contributed by atoms with van der Waals surface area (Å²) in [5.74, 6) is 0.481. The van der Waals surface area contributed by atoms with Gasteiger partial charge >= 0.3 is 0 Å². The van der Waals surface area contributed by atoms with Gasteiger partial charge in [-0.05, 0) is 64.5 Å². The van der Waals surface area contributed by atoms with Gasteiger partial charge in [-0.25, -0.2) is 0 Å². The van der Waals surface area contributed by atoms with Crippen LogP contribution >= 0.6 is 0 Å². The fourth-order valence-electron chi connectivity index (χ4n) is 3.68. The van der Waals surface area contributed by atoms with Crippen molar-refractivity contribution >= 4 is 10.2 Å². The summed E-state index contributed by atoms with van der Waals surface area (Å²) in [6, 6.07) is 0.431. The van der Waals surface area contributed by atoms with E-state index in [0.29, 0.717) is 19.0 Å². The summed E-state index contributed by atoms with van der Waals surface area (Å²) in [6.07, 6.45) is 7.58. The lowest BCUT2D eigenvalue weighted by molar-refractivity contribution is 0.225. The van der Waals surface area contributed by atoms with Gasteiger partial charge in [0.1, 0.15) is 0 Å². The molecule has 2 aliphatic heterocycles. The molecule has 0 aromatic rings. The molecule has 21 heavy (non-hydrogen) atoms. The second kappa shape index (κ2) is 6.52. The smallest absolute Gasteiger partial charge is 0.282 e. The molecule has 0 amide bonds. The molecular weight excluding hydrogens is 286 g/mol. The van der Waals surface area contributed by atoms with Crippen LogP contribution in [0.15, 0.2) is 0 Å². The monoisotopic (exact) mass is 315 g/mol. The summed E-state index contributed by atoms with van der Waals surface area (Å²) in [5.41, 5.74) is 0. The van der Waals surface area contributed by atoms with Crippen LogP contribution in [0.1, 0.15) is 51.9 Å². The maximum absolute atomic E-state index is 13.1. The zero-order valence-corrected chi connectivity index (χ0v) is 13.9. The highest BCUT2D eigenvalue weighted by molar-refractivity contribution is 7.86. The first-order valence-corrected chi connectivity index (χ1v) is 9.98. The van der Waals surface area contributed by atoms with Crippen LogP contribution in [0.2, 0.25) is 0 Å². The lowest BCUT2D eigenvalue weighted by Gasteiger charge is -2.38. The fourth-order valence-corrected chi connectivity index (χ4v) is 5.85. The van der Waals surface area contributed by atoms with Crippen LogP contribution in [-0.2, 0) is 10.2 Å². The van der Waals surface area contributed by atoms with Gasteiger partial charge < -0.3 is 5.32 Å². The molecule has 6 heteroatoms. The largest absolute Gasteiger partial charge is 0.316 e. The van der Waals surface area contributed by atoms with Crippen LogP contribution in [0.5, 0.6) is 0 Å². The van der Waals surface area contributed by atoms with Crippen LogP contribution in [0.25, 0.3) is 0 Å². The highest BCUT2D eigenvalue weighted by Gasteiger charge is 2.43. The minimum absolute atomic E-state index is 0.162. The predicted molar refractivity (Wildman–Crippen MR) is 84.3 cm³/mol. The van der Waals surface area contributed by atoms with Crippen molar-refractivity contribution in [3.8, 4) is 0 Å². The maximum atomic E-state index is 13.1. The first-order chi connectivity index (χ1) is 10.1. The van der Waals surface area contributed by atoms with Crippen molar-refractivity contribution in [2.24, 2.45) is 5.92 Å². The van der Waals surface area contributed by atoms with Crippen molar-refractivity contribution < 1.29 is 8.42 Å². The third-order valence-corrected chi connectivity index (χ3v) is 7.30. The predicted octanol–water partition coefficient (Wildman–Crippen LogP) is 1.57. The Bertz CT molecular complexity index is 444. The molecular formula is C15H29N3O2S. The second-order valence-corrected chi connectivity index (χ2v) is 8.81. The molecule has 2 saturated heterocycles. The van der Waals surface area contributed by atoms with Crippen molar-refractivity contribution in [3.05, 3.63) is 0 Å². The zero-order chi connectivity index (χ0) is 14.9. The maximum Gasteiger partial charge on any atom is 0.282 e. The SMILES string of the molecule is CC1CCCCN1S(=O)(=O)N(CC1CCCNC1)C1CC1. The summed E-state index contributed by atoms with van der Waals surface area (Å²) in [5, 5.41) is 3.40. The number of nitrogens with one attached hydrogen (secondary N) is 1. The molecule has 122 valence electrons. The summed E-state index contributed by atoms with van der Waals surface area (Å²) in [4.78, 5) is 0. The van der Waals surface area contributed by atoms with Crippen LogP contribution in [0.3, 0.4) is 0 Å². The molecule has 3 fully saturated rings. The van der Waals surface area contributed by atoms with Gasteiger partial charge in [-0.2, -0.15) is 17.0 Å². The van der Waals surface area contributed by atoms with Crippen LogP contribution in [-0.4, -0.2) is 55.3 Å². The molecule has 2 atom stereocenters. The van der Waals surface area contributed by atoms with E-state index in [1.165, 1.54) is 6.42 Å². The number of hydrogen-bond acceptors (Lipinski definition) is 3. The Morgan fingerprint density at radius 3 is 2.57 bits per heavy atom. The van der Waals surface area contributed by atoms with Gasteiger partial charge in [0.2, 0.25) is 0 Å². The van der Waals surface area contributed by atoms with Gasteiger partial charge in [-0.15, -0.1) is 0 Å². The minimum Gasteiger partial charge on any atom is -0.316 e. The molecule has 2 unspecified atom stereocenters. The number of rotatable bonds is 5. The first kappa shape index (κ1) is 15.7. The Kier molecular flexibility index (Phi) is 4.88. The van der Waals surface area contributed by atoms with Gasteiger partial charge in [0.15, 0.2) is 0 Å². The zero-order valence-electron chi connectivity index (χ0n) is 13.1. The Morgan fingerprint density at radius 1 is 1.14 bits per heavy atom. The Hall–Kier alpha value is -0.170. The van der Waals surface area contributed by atoms with Crippen LogP contribution < -0.4 is 5.32 Å².